The molecule has 0 unspecified atom stereocenters. The van der Waals surface area contributed by atoms with E-state index in [1.807, 2.05) is 0 Å². The number of rotatable bonds is 6. The van der Waals surface area contributed by atoms with E-state index in [-0.39, 0.29) is 12.2 Å². The number of halogens is 1. The van der Waals surface area contributed by atoms with Gasteiger partial charge in [0.1, 0.15) is 12.4 Å². The Morgan fingerprint density at radius 1 is 1.38 bits per heavy atom. The zero-order chi connectivity index (χ0) is 11.8. The second-order valence-electron chi connectivity index (χ2n) is 3.37. The summed E-state index contributed by atoms with van der Waals surface area (Å²) >= 11 is 0. The molecular formula is C12H16FNO2. The smallest absolute Gasteiger partial charge is 0.341 e. The van der Waals surface area contributed by atoms with E-state index in [1.54, 1.807) is 6.07 Å². The van der Waals surface area contributed by atoms with E-state index < -0.39 is 11.8 Å². The van der Waals surface area contributed by atoms with Crippen molar-refractivity contribution in [1.29, 1.82) is 0 Å². The van der Waals surface area contributed by atoms with Gasteiger partial charge in [0.15, 0.2) is 0 Å². The Labute approximate surface area is 94.6 Å². The first-order valence-electron chi connectivity index (χ1n) is 5.38. The van der Waals surface area contributed by atoms with E-state index in [4.69, 9.17) is 4.74 Å². The lowest BCUT2D eigenvalue weighted by molar-refractivity contribution is 0.0503. The molecule has 1 aromatic rings. The number of hydrogen-bond donors (Lipinski definition) is 1. The minimum absolute atomic E-state index is 0.0157. The Bertz CT molecular complexity index is 342. The average molecular weight is 225 g/mol. The van der Waals surface area contributed by atoms with Gasteiger partial charge < -0.3 is 10.1 Å². The molecule has 0 fully saturated rings. The fourth-order valence-corrected chi connectivity index (χ4v) is 1.22. The first-order chi connectivity index (χ1) is 7.75. The summed E-state index contributed by atoms with van der Waals surface area (Å²) in [5.41, 5.74) is -0.0157. The zero-order valence-corrected chi connectivity index (χ0v) is 9.33. The molecular weight excluding hydrogens is 209 g/mol. The van der Waals surface area contributed by atoms with Crippen LogP contribution in [-0.4, -0.2) is 25.7 Å². The van der Waals surface area contributed by atoms with E-state index in [0.29, 0.717) is 6.54 Å². The van der Waals surface area contributed by atoms with Gasteiger partial charge in [0.25, 0.3) is 0 Å². The first-order valence-corrected chi connectivity index (χ1v) is 5.38. The average Bonchev–Trinajstić information content (AvgIpc) is 2.29. The molecule has 3 nitrogen and oxygen atoms in total. The summed E-state index contributed by atoms with van der Waals surface area (Å²) < 4.78 is 18.1. The van der Waals surface area contributed by atoms with Crippen LogP contribution in [0.25, 0.3) is 0 Å². The largest absolute Gasteiger partial charge is 0.461 e. The minimum Gasteiger partial charge on any atom is -0.461 e. The molecule has 88 valence electrons. The van der Waals surface area contributed by atoms with Crippen molar-refractivity contribution in [3.8, 4) is 0 Å². The molecule has 0 amide bonds. The van der Waals surface area contributed by atoms with Crippen LogP contribution in [0.1, 0.15) is 23.7 Å². The van der Waals surface area contributed by atoms with Crippen molar-refractivity contribution in [3.05, 3.63) is 35.6 Å². The van der Waals surface area contributed by atoms with Crippen LogP contribution in [0.3, 0.4) is 0 Å². The highest BCUT2D eigenvalue weighted by Gasteiger charge is 2.11. The summed E-state index contributed by atoms with van der Waals surface area (Å²) in [4.78, 5) is 11.4. The Kier molecular flexibility index (Phi) is 5.50. The Balaban J connectivity index is 2.33. The minimum atomic E-state index is -0.614. The van der Waals surface area contributed by atoms with Crippen LogP contribution in [0, 0.1) is 5.82 Å². The number of nitrogens with one attached hydrogen (secondary N) is 1. The molecule has 0 saturated heterocycles. The van der Waals surface area contributed by atoms with Crippen LogP contribution in [-0.2, 0) is 4.74 Å². The molecule has 0 aliphatic rings. The molecule has 1 rings (SSSR count). The van der Waals surface area contributed by atoms with Crippen molar-refractivity contribution in [1.82, 2.24) is 5.32 Å². The van der Waals surface area contributed by atoms with E-state index in [0.717, 1.165) is 13.0 Å². The highest BCUT2D eigenvalue weighted by Crippen LogP contribution is 2.07. The lowest BCUT2D eigenvalue weighted by Crippen LogP contribution is -2.22. The molecule has 0 aliphatic heterocycles. The quantitative estimate of drug-likeness (QED) is 0.594. The molecule has 1 N–H and O–H groups in total. The molecule has 4 heteroatoms. The predicted molar refractivity (Wildman–Crippen MR) is 59.8 cm³/mol. The molecule has 1 aromatic carbocycles. The molecule has 0 aromatic heterocycles. The standard InChI is InChI=1S/C12H16FNO2/c1-2-7-14-8-9-16-12(15)10-5-3-4-6-11(10)13/h3-6,14H,2,7-9H2,1H3. The van der Waals surface area contributed by atoms with E-state index in [1.165, 1.54) is 18.2 Å². The second kappa shape index (κ2) is 6.95. The van der Waals surface area contributed by atoms with Gasteiger partial charge in [-0.3, -0.25) is 0 Å². The maximum atomic E-state index is 13.2. The molecule has 0 heterocycles. The van der Waals surface area contributed by atoms with Gasteiger partial charge >= 0.3 is 5.97 Å². The summed E-state index contributed by atoms with van der Waals surface area (Å²) in [6.07, 6.45) is 1.03. The Morgan fingerprint density at radius 3 is 2.81 bits per heavy atom. The maximum Gasteiger partial charge on any atom is 0.341 e. The SMILES string of the molecule is CCCNCCOC(=O)c1ccccc1F. The molecule has 0 bridgehead atoms. The summed E-state index contributed by atoms with van der Waals surface area (Å²) in [6.45, 7) is 3.79. The van der Waals surface area contributed by atoms with E-state index >= 15 is 0 Å². The van der Waals surface area contributed by atoms with Gasteiger partial charge in [-0.15, -0.1) is 0 Å². The Morgan fingerprint density at radius 2 is 2.12 bits per heavy atom. The summed E-state index contributed by atoms with van der Waals surface area (Å²) in [5, 5.41) is 3.09. The van der Waals surface area contributed by atoms with Gasteiger partial charge in [-0.05, 0) is 25.1 Å². The second-order valence-corrected chi connectivity index (χ2v) is 3.37. The van der Waals surface area contributed by atoms with Crippen molar-refractivity contribution in [3.63, 3.8) is 0 Å². The van der Waals surface area contributed by atoms with Crippen LogP contribution >= 0.6 is 0 Å². The number of benzene rings is 1. The van der Waals surface area contributed by atoms with Crippen LogP contribution in [0.4, 0.5) is 4.39 Å². The first kappa shape index (κ1) is 12.6. The van der Waals surface area contributed by atoms with Crippen molar-refractivity contribution >= 4 is 5.97 Å². The third kappa shape index (κ3) is 3.98. The highest BCUT2D eigenvalue weighted by atomic mass is 19.1. The van der Waals surface area contributed by atoms with Gasteiger partial charge in [0, 0.05) is 6.54 Å². The van der Waals surface area contributed by atoms with Crippen LogP contribution in [0.5, 0.6) is 0 Å². The van der Waals surface area contributed by atoms with Crippen LogP contribution in [0.2, 0.25) is 0 Å². The van der Waals surface area contributed by atoms with Gasteiger partial charge in [0.05, 0.1) is 5.56 Å². The number of carbonyl (C=O) groups is 1. The van der Waals surface area contributed by atoms with Gasteiger partial charge in [-0.25, -0.2) is 9.18 Å². The summed E-state index contributed by atoms with van der Waals surface area (Å²) in [5.74, 6) is -1.16. The topological polar surface area (TPSA) is 38.3 Å². The molecule has 0 saturated carbocycles. The molecule has 0 spiro atoms. The lowest BCUT2D eigenvalue weighted by Gasteiger charge is -2.06. The molecule has 0 aliphatic carbocycles. The summed E-state index contributed by atoms with van der Waals surface area (Å²) in [7, 11) is 0. The van der Waals surface area contributed by atoms with E-state index in [2.05, 4.69) is 12.2 Å². The number of esters is 1. The molecule has 0 radical (unpaired) electrons. The number of carbonyl (C=O) groups excluding carboxylic acids is 1. The Hall–Kier alpha value is -1.42. The van der Waals surface area contributed by atoms with Gasteiger partial charge in [0.2, 0.25) is 0 Å². The van der Waals surface area contributed by atoms with Crippen molar-refractivity contribution in [2.45, 2.75) is 13.3 Å². The normalized spacial score (nSPS) is 10.1. The van der Waals surface area contributed by atoms with Gasteiger partial charge in [-0.1, -0.05) is 19.1 Å². The highest BCUT2D eigenvalue weighted by molar-refractivity contribution is 5.89. The van der Waals surface area contributed by atoms with Crippen LogP contribution < -0.4 is 5.32 Å². The fraction of sp³-hybridized carbons (Fsp3) is 0.417. The molecule has 0 atom stereocenters. The third-order valence-electron chi connectivity index (χ3n) is 2.03. The summed E-state index contributed by atoms with van der Waals surface area (Å²) in [6, 6.07) is 5.80. The van der Waals surface area contributed by atoms with Crippen molar-refractivity contribution < 1.29 is 13.9 Å². The van der Waals surface area contributed by atoms with Crippen LogP contribution in [0.15, 0.2) is 24.3 Å². The zero-order valence-electron chi connectivity index (χ0n) is 9.33. The predicted octanol–water partition coefficient (Wildman–Crippen LogP) is 1.98. The number of ether oxygens (including phenoxy) is 1. The number of hydrogen-bond acceptors (Lipinski definition) is 3. The lowest BCUT2D eigenvalue weighted by atomic mass is 10.2. The maximum absolute atomic E-state index is 13.2. The van der Waals surface area contributed by atoms with E-state index in [9.17, 15) is 9.18 Å². The van der Waals surface area contributed by atoms with Crippen molar-refractivity contribution in [2.24, 2.45) is 0 Å². The molecule has 16 heavy (non-hydrogen) atoms. The monoisotopic (exact) mass is 225 g/mol. The van der Waals surface area contributed by atoms with Crippen molar-refractivity contribution in [2.75, 3.05) is 19.7 Å². The third-order valence-corrected chi connectivity index (χ3v) is 2.03. The fourth-order valence-electron chi connectivity index (χ4n) is 1.22. The van der Waals surface area contributed by atoms with Gasteiger partial charge in [-0.2, -0.15) is 0 Å².